The first kappa shape index (κ1) is 25.8. The Morgan fingerprint density at radius 2 is 2.08 bits per heavy atom. The molecule has 36 heavy (non-hydrogen) atoms. The van der Waals surface area contributed by atoms with E-state index in [1.165, 1.54) is 40.2 Å². The molecule has 2 unspecified atom stereocenters. The Kier molecular flexibility index (Phi) is 7.40. The highest BCUT2D eigenvalue weighted by Crippen LogP contribution is 2.44. The summed E-state index contributed by atoms with van der Waals surface area (Å²) in [6, 6.07) is 6.42. The van der Waals surface area contributed by atoms with Gasteiger partial charge in [0.1, 0.15) is 23.9 Å². The van der Waals surface area contributed by atoms with Crippen molar-refractivity contribution in [2.24, 2.45) is 17.6 Å². The van der Waals surface area contributed by atoms with Crippen molar-refractivity contribution in [3.8, 4) is 0 Å². The largest absolute Gasteiger partial charge is 0.481 e. The molecule has 0 radical (unpaired) electrons. The Balaban J connectivity index is 1.43. The monoisotopic (exact) mass is 534 g/mol. The van der Waals surface area contributed by atoms with E-state index in [4.69, 9.17) is 4.84 Å². The lowest BCUT2D eigenvalue weighted by atomic mass is 9.89. The van der Waals surface area contributed by atoms with Crippen molar-refractivity contribution in [1.82, 2.24) is 30.4 Å². The van der Waals surface area contributed by atoms with Crippen LogP contribution >= 0.6 is 23.5 Å². The molecule has 0 saturated carbocycles. The van der Waals surface area contributed by atoms with Gasteiger partial charge in [0, 0.05) is 50.4 Å². The van der Waals surface area contributed by atoms with E-state index in [1.54, 1.807) is 19.2 Å². The van der Waals surface area contributed by atoms with Gasteiger partial charge in [-0.1, -0.05) is 29.1 Å². The highest BCUT2D eigenvalue weighted by molar-refractivity contribution is 8.00. The molecule has 192 valence electrons. The predicted octanol–water partition coefficient (Wildman–Crippen LogP) is -0.110. The molecule has 3 heterocycles. The van der Waals surface area contributed by atoms with Crippen molar-refractivity contribution in [3.05, 3.63) is 29.8 Å². The van der Waals surface area contributed by atoms with Crippen LogP contribution < -0.4 is 10.2 Å². The molecular formula is C21H26N8O5S2. The molecule has 13 nitrogen and oxygen atoms in total. The molecule has 2 fully saturated rings. The number of aromatic nitrogens is 4. The van der Waals surface area contributed by atoms with Gasteiger partial charge < -0.3 is 25.1 Å². The fourth-order valence-corrected chi connectivity index (χ4v) is 6.61. The topological polar surface area (TPSA) is 155 Å². The third kappa shape index (κ3) is 4.84. The number of rotatable bonds is 9. The summed E-state index contributed by atoms with van der Waals surface area (Å²) in [4.78, 5) is 46.5. The van der Waals surface area contributed by atoms with Gasteiger partial charge in [-0.15, -0.1) is 16.9 Å². The van der Waals surface area contributed by atoms with Gasteiger partial charge in [-0.05, 0) is 22.6 Å². The lowest BCUT2D eigenvalue weighted by Crippen LogP contribution is -2.74. The Labute approximate surface area is 215 Å². The quantitative estimate of drug-likeness (QED) is 0.192. The second-order valence-electron chi connectivity index (χ2n) is 8.64. The zero-order valence-electron chi connectivity index (χ0n) is 20.1. The summed E-state index contributed by atoms with van der Waals surface area (Å²) in [7, 11) is 6.83. The van der Waals surface area contributed by atoms with Crippen molar-refractivity contribution in [1.29, 1.82) is 0 Å². The van der Waals surface area contributed by atoms with Crippen LogP contribution in [0.25, 0.3) is 0 Å². The number of oxime groups is 1. The molecule has 1 aromatic heterocycles. The van der Waals surface area contributed by atoms with Gasteiger partial charge in [0.15, 0.2) is 5.71 Å². The van der Waals surface area contributed by atoms with Crippen LogP contribution in [0.5, 0.6) is 0 Å². The number of amides is 2. The number of hydrogen-bond donors (Lipinski definition) is 2. The smallest absolute Gasteiger partial charge is 0.313 e. The number of tetrazole rings is 1. The number of carboxylic acid groups (broad SMARTS) is 1. The Bertz CT molecular complexity index is 1190. The highest BCUT2D eigenvalue weighted by Gasteiger charge is 2.57. The molecule has 2 saturated heterocycles. The van der Waals surface area contributed by atoms with Crippen LogP contribution in [-0.4, -0.2) is 104 Å². The van der Waals surface area contributed by atoms with E-state index >= 15 is 0 Å². The van der Waals surface area contributed by atoms with Gasteiger partial charge in [-0.3, -0.25) is 14.4 Å². The summed E-state index contributed by atoms with van der Waals surface area (Å²) >= 11 is 2.56. The summed E-state index contributed by atoms with van der Waals surface area (Å²) in [5.41, 5.74) is 0.373. The minimum absolute atomic E-state index is 0.0362. The van der Waals surface area contributed by atoms with Crippen LogP contribution in [0.3, 0.4) is 0 Å². The Morgan fingerprint density at radius 3 is 2.67 bits per heavy atom. The Hall–Kier alpha value is -3.33. The SMILES string of the molecule is CON=C(C(=O)NC1C(=O)N2CC(CSc3nnnn3C)(C(=O)O)CS[C@H]12)c1ccc(N(C)C)cc1. The van der Waals surface area contributed by atoms with Gasteiger partial charge in [0.25, 0.3) is 5.91 Å². The number of aryl methyl sites for hydroxylation is 1. The summed E-state index contributed by atoms with van der Waals surface area (Å²) in [5, 5.41) is 27.9. The molecule has 0 aliphatic carbocycles. The standard InChI is InChI=1S/C21H26N8O5S2/c1-27(2)13-7-5-12(6-8-13)14(24-34-4)16(30)22-15-17(31)29-9-21(19(32)33,10-35-18(15)29)11-36-20-23-25-26-28(20)3/h5-8,15,18H,9-11H2,1-4H3,(H,22,30)(H,32,33)/t15?,18-,21?/m1/s1. The number of β-lactam (4-membered cyclic amide) rings is 1. The molecule has 2 aliphatic heterocycles. The first-order valence-corrected chi connectivity index (χ1v) is 12.9. The molecule has 2 aromatic rings. The second-order valence-corrected chi connectivity index (χ2v) is 10.7. The number of benzene rings is 1. The fourth-order valence-electron chi connectivity index (χ4n) is 3.90. The molecule has 3 atom stereocenters. The molecule has 2 aliphatic rings. The number of carboxylic acids is 1. The summed E-state index contributed by atoms with van der Waals surface area (Å²) in [5.74, 6) is -1.41. The van der Waals surface area contributed by atoms with Crippen LogP contribution in [0, 0.1) is 5.41 Å². The summed E-state index contributed by atoms with van der Waals surface area (Å²) < 4.78 is 1.46. The number of nitrogens with zero attached hydrogens (tertiary/aromatic N) is 7. The molecule has 2 amide bonds. The van der Waals surface area contributed by atoms with Crippen molar-refractivity contribution in [2.45, 2.75) is 16.6 Å². The van der Waals surface area contributed by atoms with Gasteiger partial charge in [0.05, 0.1) is 0 Å². The minimum atomic E-state index is -1.17. The number of carbonyl (C=O) groups is 3. The van der Waals surface area contributed by atoms with Crippen molar-refractivity contribution < 1.29 is 24.3 Å². The molecule has 15 heteroatoms. The molecule has 1 aromatic carbocycles. The predicted molar refractivity (Wildman–Crippen MR) is 134 cm³/mol. The van der Waals surface area contributed by atoms with Crippen LogP contribution in [-0.2, 0) is 26.3 Å². The molecule has 0 spiro atoms. The minimum Gasteiger partial charge on any atom is -0.481 e. The zero-order valence-corrected chi connectivity index (χ0v) is 21.7. The van der Waals surface area contributed by atoms with Gasteiger partial charge >= 0.3 is 5.97 Å². The van der Waals surface area contributed by atoms with Gasteiger partial charge in [-0.2, -0.15) is 0 Å². The number of thioether (sulfide) groups is 2. The molecule has 0 bridgehead atoms. The zero-order chi connectivity index (χ0) is 26.0. The van der Waals surface area contributed by atoms with E-state index in [-0.39, 0.29) is 35.0 Å². The summed E-state index contributed by atoms with van der Waals surface area (Å²) in [6.45, 7) is 0.0362. The van der Waals surface area contributed by atoms with Crippen molar-refractivity contribution in [3.63, 3.8) is 0 Å². The first-order valence-electron chi connectivity index (χ1n) is 10.9. The third-order valence-corrected chi connectivity index (χ3v) is 8.89. The van der Waals surface area contributed by atoms with Gasteiger partial charge in [0.2, 0.25) is 11.1 Å². The molecule has 4 rings (SSSR count). The van der Waals surface area contributed by atoms with Gasteiger partial charge in [-0.25, -0.2) is 4.68 Å². The number of nitrogens with one attached hydrogen (secondary N) is 1. The number of anilines is 1. The van der Waals surface area contributed by atoms with Crippen LogP contribution in [0.2, 0.25) is 0 Å². The average molecular weight is 535 g/mol. The van der Waals surface area contributed by atoms with E-state index in [9.17, 15) is 19.5 Å². The number of fused-ring (bicyclic) bond motifs is 1. The highest BCUT2D eigenvalue weighted by atomic mass is 32.2. The van der Waals surface area contributed by atoms with E-state index in [1.807, 2.05) is 31.1 Å². The number of hydrogen-bond acceptors (Lipinski definition) is 11. The molecular weight excluding hydrogens is 508 g/mol. The number of carbonyl (C=O) groups excluding carboxylic acids is 2. The maximum atomic E-state index is 13.0. The molecule has 2 N–H and O–H groups in total. The van der Waals surface area contributed by atoms with E-state index < -0.39 is 23.3 Å². The maximum Gasteiger partial charge on any atom is 0.313 e. The summed E-state index contributed by atoms with van der Waals surface area (Å²) in [6.07, 6.45) is 0. The van der Waals surface area contributed by atoms with Crippen molar-refractivity contribution in [2.75, 3.05) is 44.2 Å². The van der Waals surface area contributed by atoms with E-state index in [2.05, 4.69) is 26.0 Å². The number of aliphatic carboxylic acids is 1. The van der Waals surface area contributed by atoms with E-state index in [0.29, 0.717) is 10.7 Å². The van der Waals surface area contributed by atoms with E-state index in [0.717, 1.165) is 5.69 Å². The van der Waals surface area contributed by atoms with Crippen molar-refractivity contribution >= 4 is 52.7 Å². The first-order chi connectivity index (χ1) is 17.2. The van der Waals surface area contributed by atoms with Crippen LogP contribution in [0.4, 0.5) is 5.69 Å². The van der Waals surface area contributed by atoms with Crippen LogP contribution in [0.15, 0.2) is 34.6 Å². The lowest BCUT2D eigenvalue weighted by Gasteiger charge is -2.53. The fraction of sp³-hybridized carbons (Fsp3) is 0.476. The normalized spacial score (nSPS) is 23.5. The second kappa shape index (κ2) is 10.3. The van der Waals surface area contributed by atoms with Crippen LogP contribution in [0.1, 0.15) is 5.56 Å². The lowest BCUT2D eigenvalue weighted by molar-refractivity contribution is -0.157. The third-order valence-electron chi connectivity index (χ3n) is 6.00. The maximum absolute atomic E-state index is 13.0. The Morgan fingerprint density at radius 1 is 1.36 bits per heavy atom. The average Bonchev–Trinajstić information content (AvgIpc) is 3.28.